The van der Waals surface area contributed by atoms with Gasteiger partial charge in [0.1, 0.15) is 0 Å². The number of nitrogens with zero attached hydrogens (tertiary/aromatic N) is 1. The van der Waals surface area contributed by atoms with Gasteiger partial charge in [-0.05, 0) is 62.7 Å². The van der Waals surface area contributed by atoms with Gasteiger partial charge in [-0.2, -0.15) is 0 Å². The first kappa shape index (κ1) is 21.3. The average molecular weight is 418 g/mol. The molecule has 29 heavy (non-hydrogen) atoms. The third-order valence-corrected chi connectivity index (χ3v) is 6.43. The highest BCUT2D eigenvalue weighted by molar-refractivity contribution is 7.89. The van der Waals surface area contributed by atoms with Gasteiger partial charge in [0.15, 0.2) is 0 Å². The number of hydrogen-bond donors (Lipinski definition) is 2. The summed E-state index contributed by atoms with van der Waals surface area (Å²) in [5.41, 5.74) is 2.61. The van der Waals surface area contributed by atoms with Crippen LogP contribution in [0.5, 0.6) is 0 Å². The van der Waals surface area contributed by atoms with Crippen LogP contribution in [0.1, 0.15) is 29.8 Å². The van der Waals surface area contributed by atoms with E-state index >= 15 is 0 Å². The molecular formula is C21H27N3O4S. The molecule has 8 heteroatoms. The molecule has 2 aromatic rings. The Hall–Kier alpha value is -2.42. The first-order valence-corrected chi connectivity index (χ1v) is 11.1. The van der Waals surface area contributed by atoms with E-state index in [-0.39, 0.29) is 16.8 Å². The number of morpholine rings is 1. The number of rotatable bonds is 6. The second-order valence-electron chi connectivity index (χ2n) is 7.36. The molecule has 1 saturated heterocycles. The molecule has 1 aliphatic rings. The number of carbonyl (C=O) groups excluding carboxylic acids is 1. The summed E-state index contributed by atoms with van der Waals surface area (Å²) in [6.45, 7) is 8.31. The summed E-state index contributed by atoms with van der Waals surface area (Å²) >= 11 is 0. The van der Waals surface area contributed by atoms with Crippen LogP contribution >= 0.6 is 0 Å². The van der Waals surface area contributed by atoms with E-state index < -0.39 is 10.0 Å². The second-order valence-corrected chi connectivity index (χ2v) is 9.04. The van der Waals surface area contributed by atoms with Crippen molar-refractivity contribution in [3.05, 3.63) is 53.6 Å². The molecular weight excluding hydrogens is 390 g/mol. The highest BCUT2D eigenvalue weighted by atomic mass is 32.2. The van der Waals surface area contributed by atoms with Gasteiger partial charge in [-0.15, -0.1) is 0 Å². The first-order chi connectivity index (χ1) is 13.8. The summed E-state index contributed by atoms with van der Waals surface area (Å²) in [4.78, 5) is 15.0. The van der Waals surface area contributed by atoms with Crippen molar-refractivity contribution in [3.8, 4) is 0 Å². The van der Waals surface area contributed by atoms with E-state index in [9.17, 15) is 13.2 Å². The lowest BCUT2D eigenvalue weighted by Crippen LogP contribution is -2.36. The van der Waals surface area contributed by atoms with Crippen LogP contribution in [0.15, 0.2) is 47.4 Å². The van der Waals surface area contributed by atoms with Crippen LogP contribution in [-0.2, 0) is 14.8 Å². The third kappa shape index (κ3) is 5.35. The van der Waals surface area contributed by atoms with Crippen molar-refractivity contribution in [1.29, 1.82) is 0 Å². The molecule has 1 fully saturated rings. The minimum atomic E-state index is -3.65. The van der Waals surface area contributed by atoms with E-state index in [1.165, 1.54) is 6.07 Å². The van der Waals surface area contributed by atoms with Crippen LogP contribution in [-0.4, -0.2) is 46.7 Å². The van der Waals surface area contributed by atoms with E-state index in [4.69, 9.17) is 4.74 Å². The molecule has 1 aliphatic heterocycles. The third-order valence-electron chi connectivity index (χ3n) is 4.63. The molecule has 1 heterocycles. The number of benzene rings is 2. The molecule has 2 aromatic carbocycles. The minimum Gasteiger partial charge on any atom is -0.378 e. The molecule has 3 rings (SSSR count). The molecule has 0 spiro atoms. The summed E-state index contributed by atoms with van der Waals surface area (Å²) < 4.78 is 33.0. The SMILES string of the molecule is Cc1ccc(NC(=O)c2ccc(N3CCOCC3)cc2)cc1S(=O)(=O)NC(C)C. The lowest BCUT2D eigenvalue weighted by molar-refractivity contribution is 0.102. The molecule has 0 radical (unpaired) electrons. The average Bonchev–Trinajstić information content (AvgIpc) is 2.69. The number of anilines is 2. The van der Waals surface area contributed by atoms with Crippen LogP contribution in [0.2, 0.25) is 0 Å². The predicted molar refractivity (Wildman–Crippen MR) is 114 cm³/mol. The summed E-state index contributed by atoms with van der Waals surface area (Å²) in [5, 5.41) is 2.79. The number of nitrogens with one attached hydrogen (secondary N) is 2. The van der Waals surface area contributed by atoms with Gasteiger partial charge < -0.3 is 15.0 Å². The van der Waals surface area contributed by atoms with E-state index in [0.717, 1.165) is 18.8 Å². The fourth-order valence-electron chi connectivity index (χ4n) is 3.19. The van der Waals surface area contributed by atoms with Gasteiger partial charge in [0.25, 0.3) is 5.91 Å². The molecule has 0 aliphatic carbocycles. The minimum absolute atomic E-state index is 0.159. The van der Waals surface area contributed by atoms with E-state index in [2.05, 4.69) is 14.9 Å². The maximum Gasteiger partial charge on any atom is 0.255 e. The Morgan fingerprint density at radius 2 is 1.72 bits per heavy atom. The van der Waals surface area contributed by atoms with Gasteiger partial charge in [-0.25, -0.2) is 13.1 Å². The number of aryl methyl sites for hydroxylation is 1. The van der Waals surface area contributed by atoms with Crippen LogP contribution in [0.3, 0.4) is 0 Å². The van der Waals surface area contributed by atoms with Crippen molar-refractivity contribution in [2.24, 2.45) is 0 Å². The standard InChI is InChI=1S/C21H27N3O4S/c1-15(2)23-29(26,27)20-14-18(7-4-16(20)3)22-21(25)17-5-8-19(9-6-17)24-10-12-28-13-11-24/h4-9,14-15,23H,10-13H2,1-3H3,(H,22,25). The van der Waals surface area contributed by atoms with Crippen molar-refractivity contribution in [2.45, 2.75) is 31.7 Å². The zero-order chi connectivity index (χ0) is 21.0. The maximum atomic E-state index is 12.6. The highest BCUT2D eigenvalue weighted by Gasteiger charge is 2.19. The van der Waals surface area contributed by atoms with Crippen LogP contribution < -0.4 is 14.9 Å². The smallest absolute Gasteiger partial charge is 0.255 e. The lowest BCUT2D eigenvalue weighted by Gasteiger charge is -2.28. The van der Waals surface area contributed by atoms with Gasteiger partial charge in [0, 0.05) is 36.1 Å². The number of sulfonamides is 1. The fourth-order valence-corrected chi connectivity index (χ4v) is 4.71. The quantitative estimate of drug-likeness (QED) is 0.755. The summed E-state index contributed by atoms with van der Waals surface area (Å²) in [6.07, 6.45) is 0. The van der Waals surface area contributed by atoms with Crippen molar-refractivity contribution in [2.75, 3.05) is 36.5 Å². The van der Waals surface area contributed by atoms with Gasteiger partial charge in [0.05, 0.1) is 18.1 Å². The van der Waals surface area contributed by atoms with Crippen LogP contribution in [0.4, 0.5) is 11.4 Å². The zero-order valence-electron chi connectivity index (χ0n) is 16.9. The van der Waals surface area contributed by atoms with Gasteiger partial charge >= 0.3 is 0 Å². The van der Waals surface area contributed by atoms with Crippen molar-refractivity contribution < 1.29 is 17.9 Å². The molecule has 2 N–H and O–H groups in total. The molecule has 156 valence electrons. The van der Waals surface area contributed by atoms with E-state index in [1.807, 2.05) is 12.1 Å². The number of amides is 1. The Morgan fingerprint density at radius 1 is 1.07 bits per heavy atom. The van der Waals surface area contributed by atoms with E-state index in [1.54, 1.807) is 45.0 Å². The van der Waals surface area contributed by atoms with Crippen molar-refractivity contribution in [1.82, 2.24) is 4.72 Å². The Labute approximate surface area is 172 Å². The summed E-state index contributed by atoms with van der Waals surface area (Å²) in [7, 11) is -3.65. The highest BCUT2D eigenvalue weighted by Crippen LogP contribution is 2.22. The van der Waals surface area contributed by atoms with Gasteiger partial charge in [-0.3, -0.25) is 4.79 Å². The normalized spacial score (nSPS) is 14.8. The first-order valence-electron chi connectivity index (χ1n) is 9.63. The van der Waals surface area contributed by atoms with Crippen molar-refractivity contribution >= 4 is 27.3 Å². The van der Waals surface area contributed by atoms with E-state index in [0.29, 0.717) is 30.0 Å². The molecule has 0 aromatic heterocycles. The monoisotopic (exact) mass is 417 g/mol. The molecule has 0 atom stereocenters. The van der Waals surface area contributed by atoms with Crippen molar-refractivity contribution in [3.63, 3.8) is 0 Å². The Balaban J connectivity index is 1.74. The van der Waals surface area contributed by atoms with Gasteiger partial charge in [-0.1, -0.05) is 6.07 Å². The number of carbonyl (C=O) groups is 1. The molecule has 7 nitrogen and oxygen atoms in total. The lowest BCUT2D eigenvalue weighted by atomic mass is 10.1. The largest absolute Gasteiger partial charge is 0.378 e. The number of ether oxygens (including phenoxy) is 1. The molecule has 0 saturated carbocycles. The topological polar surface area (TPSA) is 87.7 Å². The Kier molecular flexibility index (Phi) is 6.56. The Morgan fingerprint density at radius 3 is 2.34 bits per heavy atom. The molecule has 1 amide bonds. The summed E-state index contributed by atoms with van der Waals surface area (Å²) in [6, 6.07) is 12.0. The van der Waals surface area contributed by atoms with Gasteiger partial charge in [0.2, 0.25) is 10.0 Å². The second kappa shape index (κ2) is 8.94. The number of hydrogen-bond acceptors (Lipinski definition) is 5. The predicted octanol–water partition coefficient (Wildman–Crippen LogP) is 2.77. The van der Waals surface area contributed by atoms with Crippen LogP contribution in [0, 0.1) is 6.92 Å². The maximum absolute atomic E-state index is 12.6. The Bertz CT molecular complexity index is 966. The zero-order valence-corrected chi connectivity index (χ0v) is 17.8. The fraction of sp³-hybridized carbons (Fsp3) is 0.381. The van der Waals surface area contributed by atoms with Crippen LogP contribution in [0.25, 0.3) is 0 Å². The molecule has 0 unspecified atom stereocenters. The summed E-state index contributed by atoms with van der Waals surface area (Å²) in [5.74, 6) is -0.289. The molecule has 0 bridgehead atoms.